The zero-order valence-electron chi connectivity index (χ0n) is 12.3. The Balaban J connectivity index is 2.72. The number of ether oxygens (including phenoxy) is 1. The molecule has 0 fully saturated rings. The van der Waals surface area contributed by atoms with Gasteiger partial charge in [-0.25, -0.2) is 4.79 Å². The zero-order valence-corrected chi connectivity index (χ0v) is 13.1. The van der Waals surface area contributed by atoms with Gasteiger partial charge in [0.05, 0.1) is 12.5 Å². The van der Waals surface area contributed by atoms with Crippen molar-refractivity contribution >= 4 is 23.2 Å². The quantitative estimate of drug-likeness (QED) is 0.834. The van der Waals surface area contributed by atoms with Gasteiger partial charge in [-0.3, -0.25) is 4.79 Å². The van der Waals surface area contributed by atoms with E-state index in [-0.39, 0.29) is 35.5 Å². The second-order valence-electron chi connectivity index (χ2n) is 4.81. The van der Waals surface area contributed by atoms with E-state index in [1.807, 2.05) is 19.9 Å². The molecule has 0 aromatic carbocycles. The SMILES string of the molecule is CC(C)c1cc(OCC(=O)N(C)CCC#N)c(C(=O)O)s1. The number of aromatic carboxylic acids is 1. The number of nitrogens with zero attached hydrogens (tertiary/aromatic N) is 2. The highest BCUT2D eigenvalue weighted by Gasteiger charge is 2.19. The van der Waals surface area contributed by atoms with Crippen LogP contribution in [0.2, 0.25) is 0 Å². The predicted octanol–water partition coefficient (Wildman–Crippen LogP) is 2.32. The van der Waals surface area contributed by atoms with Gasteiger partial charge in [-0.15, -0.1) is 11.3 Å². The molecule has 0 aliphatic carbocycles. The fraction of sp³-hybridized carbons (Fsp3) is 0.500. The summed E-state index contributed by atoms with van der Waals surface area (Å²) in [7, 11) is 1.58. The molecule has 0 atom stereocenters. The number of carboxylic acid groups (broad SMARTS) is 1. The first-order valence-electron chi connectivity index (χ1n) is 6.47. The van der Waals surface area contributed by atoms with E-state index in [2.05, 4.69) is 0 Å². The fourth-order valence-corrected chi connectivity index (χ4v) is 2.47. The van der Waals surface area contributed by atoms with E-state index in [1.165, 1.54) is 4.90 Å². The van der Waals surface area contributed by atoms with Gasteiger partial charge in [0, 0.05) is 18.5 Å². The number of thiophene rings is 1. The van der Waals surface area contributed by atoms with E-state index in [0.717, 1.165) is 16.2 Å². The van der Waals surface area contributed by atoms with Gasteiger partial charge in [0.15, 0.2) is 11.5 Å². The van der Waals surface area contributed by atoms with Crippen molar-refractivity contribution < 1.29 is 19.4 Å². The van der Waals surface area contributed by atoms with Crippen LogP contribution >= 0.6 is 11.3 Å². The largest absolute Gasteiger partial charge is 0.482 e. The van der Waals surface area contributed by atoms with Crippen LogP contribution in [0.15, 0.2) is 6.07 Å². The Labute approximate surface area is 127 Å². The molecular weight excluding hydrogens is 292 g/mol. The molecule has 1 aromatic heterocycles. The lowest BCUT2D eigenvalue weighted by atomic mass is 10.2. The Hall–Kier alpha value is -2.07. The Morgan fingerprint density at radius 3 is 2.71 bits per heavy atom. The molecule has 0 saturated heterocycles. The van der Waals surface area contributed by atoms with E-state index >= 15 is 0 Å². The van der Waals surface area contributed by atoms with Crippen LogP contribution in [0.25, 0.3) is 0 Å². The lowest BCUT2D eigenvalue weighted by molar-refractivity contribution is -0.132. The molecule has 0 aliphatic rings. The van der Waals surface area contributed by atoms with Crippen LogP contribution in [0.5, 0.6) is 5.75 Å². The number of likely N-dealkylation sites (N-methyl/N-ethyl adjacent to an activating group) is 1. The van der Waals surface area contributed by atoms with Gasteiger partial charge in [0.1, 0.15) is 5.75 Å². The molecule has 0 aliphatic heterocycles. The summed E-state index contributed by atoms with van der Waals surface area (Å²) in [6.07, 6.45) is 0.249. The van der Waals surface area contributed by atoms with Gasteiger partial charge in [-0.1, -0.05) is 13.8 Å². The number of carboxylic acids is 1. The minimum Gasteiger partial charge on any atom is -0.482 e. The molecule has 0 radical (unpaired) electrons. The van der Waals surface area contributed by atoms with Crippen molar-refractivity contribution in [3.05, 3.63) is 15.8 Å². The van der Waals surface area contributed by atoms with Crippen molar-refractivity contribution in [2.75, 3.05) is 20.2 Å². The maximum atomic E-state index is 11.8. The molecule has 0 saturated carbocycles. The van der Waals surface area contributed by atoms with Crippen molar-refractivity contribution in [3.8, 4) is 11.8 Å². The number of nitriles is 1. The van der Waals surface area contributed by atoms with E-state index in [4.69, 9.17) is 15.1 Å². The lowest BCUT2D eigenvalue weighted by Gasteiger charge is -2.15. The smallest absolute Gasteiger partial charge is 0.349 e. The molecular formula is C14H18N2O4S. The fourth-order valence-electron chi connectivity index (χ4n) is 1.53. The highest BCUT2D eigenvalue weighted by atomic mass is 32.1. The number of carbonyl (C=O) groups is 2. The van der Waals surface area contributed by atoms with Gasteiger partial charge in [0.2, 0.25) is 0 Å². The summed E-state index contributed by atoms with van der Waals surface area (Å²) in [6, 6.07) is 3.62. The number of carbonyl (C=O) groups excluding carboxylic acids is 1. The van der Waals surface area contributed by atoms with Gasteiger partial charge < -0.3 is 14.7 Å². The van der Waals surface area contributed by atoms with Crippen molar-refractivity contribution in [2.45, 2.75) is 26.2 Å². The molecule has 6 nitrogen and oxygen atoms in total. The van der Waals surface area contributed by atoms with Crippen molar-refractivity contribution in [3.63, 3.8) is 0 Å². The molecule has 114 valence electrons. The Kier molecular flexibility index (Phi) is 6.18. The first kappa shape index (κ1) is 17.0. The second-order valence-corrected chi connectivity index (χ2v) is 5.90. The number of rotatable bonds is 7. The van der Waals surface area contributed by atoms with Crippen LogP contribution in [0, 0.1) is 11.3 Å². The van der Waals surface area contributed by atoms with Gasteiger partial charge >= 0.3 is 5.97 Å². The van der Waals surface area contributed by atoms with Crippen LogP contribution in [-0.2, 0) is 4.79 Å². The minimum absolute atomic E-state index is 0.103. The average molecular weight is 310 g/mol. The highest BCUT2D eigenvalue weighted by molar-refractivity contribution is 7.14. The molecule has 0 bridgehead atoms. The molecule has 0 spiro atoms. The molecule has 1 heterocycles. The topological polar surface area (TPSA) is 90.6 Å². The van der Waals surface area contributed by atoms with Crippen LogP contribution in [-0.4, -0.2) is 42.1 Å². The maximum absolute atomic E-state index is 11.8. The summed E-state index contributed by atoms with van der Waals surface area (Å²) in [6.45, 7) is 4.01. The Morgan fingerprint density at radius 1 is 1.52 bits per heavy atom. The number of amides is 1. The third kappa shape index (κ3) is 4.76. The first-order valence-corrected chi connectivity index (χ1v) is 7.29. The maximum Gasteiger partial charge on any atom is 0.349 e. The first-order chi connectivity index (χ1) is 9.86. The summed E-state index contributed by atoms with van der Waals surface area (Å²) in [5.74, 6) is -0.941. The molecule has 7 heteroatoms. The van der Waals surface area contributed by atoms with Gasteiger partial charge in [-0.2, -0.15) is 5.26 Å². The summed E-state index contributed by atoms with van der Waals surface area (Å²) in [5.41, 5.74) is 0. The summed E-state index contributed by atoms with van der Waals surface area (Å²) >= 11 is 1.16. The molecule has 0 unspecified atom stereocenters. The number of hydrogen-bond donors (Lipinski definition) is 1. The van der Waals surface area contributed by atoms with Crippen molar-refractivity contribution in [1.82, 2.24) is 4.90 Å². The molecule has 1 rings (SSSR count). The normalized spacial score (nSPS) is 10.2. The summed E-state index contributed by atoms with van der Waals surface area (Å²) in [5, 5.41) is 17.6. The van der Waals surface area contributed by atoms with Crippen molar-refractivity contribution in [2.24, 2.45) is 0 Å². The second kappa shape index (κ2) is 7.64. The molecule has 1 amide bonds. The Bertz CT molecular complexity index is 560. The highest BCUT2D eigenvalue weighted by Crippen LogP contribution is 2.33. The van der Waals surface area contributed by atoms with Gasteiger partial charge in [-0.05, 0) is 12.0 Å². The monoisotopic (exact) mass is 310 g/mol. The average Bonchev–Trinajstić information content (AvgIpc) is 2.86. The molecule has 21 heavy (non-hydrogen) atoms. The molecule has 1 N–H and O–H groups in total. The van der Waals surface area contributed by atoms with Gasteiger partial charge in [0.25, 0.3) is 5.91 Å². The van der Waals surface area contributed by atoms with E-state index in [0.29, 0.717) is 6.54 Å². The van der Waals surface area contributed by atoms with E-state index in [1.54, 1.807) is 13.1 Å². The van der Waals surface area contributed by atoms with E-state index in [9.17, 15) is 9.59 Å². The summed E-state index contributed by atoms with van der Waals surface area (Å²) < 4.78 is 5.35. The van der Waals surface area contributed by atoms with Crippen LogP contribution < -0.4 is 4.74 Å². The Morgan fingerprint density at radius 2 is 2.19 bits per heavy atom. The summed E-state index contributed by atoms with van der Waals surface area (Å²) in [4.78, 5) is 25.4. The third-order valence-corrected chi connectivity index (χ3v) is 4.22. The predicted molar refractivity (Wildman–Crippen MR) is 78.7 cm³/mol. The standard InChI is InChI=1S/C14H18N2O4S/c1-9(2)11-7-10(13(21-11)14(18)19)20-8-12(17)16(3)6-4-5-15/h7,9H,4,6,8H2,1-3H3,(H,18,19). The van der Waals surface area contributed by atoms with Crippen molar-refractivity contribution in [1.29, 1.82) is 5.26 Å². The van der Waals surface area contributed by atoms with Crippen LogP contribution in [0.1, 0.15) is 40.7 Å². The van der Waals surface area contributed by atoms with Crippen LogP contribution in [0.4, 0.5) is 0 Å². The lowest BCUT2D eigenvalue weighted by Crippen LogP contribution is -2.32. The molecule has 1 aromatic rings. The van der Waals surface area contributed by atoms with Crippen LogP contribution in [0.3, 0.4) is 0 Å². The third-order valence-electron chi connectivity index (χ3n) is 2.82. The van der Waals surface area contributed by atoms with E-state index < -0.39 is 5.97 Å². The minimum atomic E-state index is -1.06. The number of hydrogen-bond acceptors (Lipinski definition) is 5. The zero-order chi connectivity index (χ0) is 16.0.